The molecule has 0 N–H and O–H groups in total. The number of furan rings is 2. The molecule has 0 aliphatic rings. The van der Waals surface area contributed by atoms with Gasteiger partial charge in [-0.1, -0.05) is 140 Å². The van der Waals surface area contributed by atoms with E-state index in [0.717, 1.165) is 38.8 Å². The third kappa shape index (κ3) is 11.4. The first kappa shape index (κ1) is 55.8. The van der Waals surface area contributed by atoms with Crippen molar-refractivity contribution in [3.8, 4) is 67.3 Å². The fourth-order valence-corrected chi connectivity index (χ4v) is 11.5. The maximum absolute atomic E-state index is 6.16. The fourth-order valence-electron chi connectivity index (χ4n) is 11.5. The number of para-hydroxylation sites is 1. The predicted molar refractivity (Wildman–Crippen MR) is 344 cm³/mol. The molecular formula is C77H71N5O2+4. The summed E-state index contributed by atoms with van der Waals surface area (Å²) in [5, 5.41) is 4.53. The molecule has 0 aliphatic heterocycles. The van der Waals surface area contributed by atoms with Crippen LogP contribution in [0.15, 0.2) is 258 Å². The Kier molecular flexibility index (Phi) is 16.3. The van der Waals surface area contributed by atoms with Crippen LogP contribution < -0.4 is 18.3 Å². The zero-order valence-corrected chi connectivity index (χ0v) is 49.7. The first-order valence-electron chi connectivity index (χ1n) is 28.7. The van der Waals surface area contributed by atoms with Crippen LogP contribution in [-0.4, -0.2) is 4.98 Å². The minimum atomic E-state index is 0.693. The van der Waals surface area contributed by atoms with Crippen molar-refractivity contribution in [3.05, 3.63) is 283 Å². The third-order valence-corrected chi connectivity index (χ3v) is 16.0. The summed E-state index contributed by atoms with van der Waals surface area (Å²) in [4.78, 5) is 4.33. The van der Waals surface area contributed by atoms with Crippen LogP contribution in [0.3, 0.4) is 0 Å². The molecule has 412 valence electrons. The summed E-state index contributed by atoms with van der Waals surface area (Å²) in [5.74, 6) is 0. The van der Waals surface area contributed by atoms with Crippen molar-refractivity contribution in [2.45, 2.75) is 41.5 Å². The number of hydrogen-bond donors (Lipinski definition) is 0. The fraction of sp³-hybridized carbons (Fsp3) is 0.130. The molecule has 0 amide bonds. The minimum Gasteiger partial charge on any atom is -0.455 e. The van der Waals surface area contributed by atoms with E-state index in [1.807, 2.05) is 30.3 Å². The van der Waals surface area contributed by atoms with Crippen LogP contribution in [0, 0.1) is 41.5 Å². The molecule has 7 aromatic carbocycles. The maximum Gasteiger partial charge on any atom is 0.227 e. The van der Waals surface area contributed by atoms with Gasteiger partial charge in [0.05, 0.1) is 11.1 Å². The lowest BCUT2D eigenvalue weighted by atomic mass is 9.98. The molecule has 0 spiro atoms. The Hall–Kier alpha value is -10.1. The number of pyridine rings is 5. The number of aromatic nitrogens is 5. The van der Waals surface area contributed by atoms with Crippen LogP contribution in [-0.2, 0) is 28.2 Å². The van der Waals surface area contributed by atoms with E-state index in [9.17, 15) is 0 Å². The molecule has 7 heterocycles. The van der Waals surface area contributed by atoms with Gasteiger partial charge in [0.25, 0.3) is 0 Å². The van der Waals surface area contributed by atoms with E-state index in [2.05, 4.69) is 306 Å². The summed E-state index contributed by atoms with van der Waals surface area (Å²) in [6.45, 7) is 12.9. The monoisotopic (exact) mass is 1100 g/mol. The Morgan fingerprint density at radius 1 is 0.310 bits per heavy atom. The van der Waals surface area contributed by atoms with Crippen molar-refractivity contribution in [3.63, 3.8) is 0 Å². The zero-order valence-electron chi connectivity index (χ0n) is 49.7. The molecule has 14 aromatic rings. The summed E-state index contributed by atoms with van der Waals surface area (Å²) in [5.41, 5.74) is 26.0. The van der Waals surface area contributed by atoms with Crippen LogP contribution in [0.1, 0.15) is 33.4 Å². The Bertz CT molecular complexity index is 4370. The van der Waals surface area contributed by atoms with E-state index in [1.165, 1.54) is 100 Å². The van der Waals surface area contributed by atoms with E-state index in [4.69, 9.17) is 8.83 Å². The van der Waals surface area contributed by atoms with Crippen molar-refractivity contribution < 1.29 is 27.1 Å². The number of aryl methyl sites for hydroxylation is 10. The topological polar surface area (TPSA) is 54.7 Å². The SMILES string of the molecule is Cc1cc(-c2ccccc2C)[n+](C)cc1-c1ccccc1.Cc1cc(-c2ccccc2C)[n+](C)cc1-c1ccccc1.Cc1ccc2c(oc3ccccc32)c1-c1cccc[n+]1C.Cc1ccc2c(oc3ncccc32)c1-c1cccc[n+]1C. The van der Waals surface area contributed by atoms with E-state index in [0.29, 0.717) is 5.71 Å². The second-order valence-corrected chi connectivity index (χ2v) is 21.8. The van der Waals surface area contributed by atoms with Crippen LogP contribution in [0.5, 0.6) is 0 Å². The highest BCUT2D eigenvalue weighted by Gasteiger charge is 2.23. The average molecular weight is 1100 g/mol. The molecule has 14 rings (SSSR count). The lowest BCUT2D eigenvalue weighted by Gasteiger charge is -2.09. The summed E-state index contributed by atoms with van der Waals surface area (Å²) in [7, 11) is 8.35. The van der Waals surface area contributed by atoms with Gasteiger partial charge in [0, 0.05) is 86.4 Å². The van der Waals surface area contributed by atoms with E-state index >= 15 is 0 Å². The average Bonchev–Trinajstić information content (AvgIpc) is 3.79. The van der Waals surface area contributed by atoms with Gasteiger partial charge in [-0.15, -0.1) is 0 Å². The van der Waals surface area contributed by atoms with Gasteiger partial charge in [-0.25, -0.2) is 23.3 Å². The number of hydrogen-bond acceptors (Lipinski definition) is 3. The van der Waals surface area contributed by atoms with Crippen molar-refractivity contribution in [2.75, 3.05) is 0 Å². The van der Waals surface area contributed by atoms with Gasteiger partial charge in [0.2, 0.25) is 28.5 Å². The van der Waals surface area contributed by atoms with Gasteiger partial charge in [-0.2, -0.15) is 0 Å². The highest BCUT2D eigenvalue weighted by atomic mass is 16.3. The molecule has 7 aromatic heterocycles. The van der Waals surface area contributed by atoms with Crippen LogP contribution in [0.4, 0.5) is 0 Å². The summed E-state index contributed by atoms with van der Waals surface area (Å²) in [6, 6.07) is 76.0. The van der Waals surface area contributed by atoms with Gasteiger partial charge < -0.3 is 8.83 Å². The Morgan fingerprint density at radius 2 is 0.738 bits per heavy atom. The molecule has 0 saturated carbocycles. The predicted octanol–water partition coefficient (Wildman–Crippen LogP) is 17.1. The van der Waals surface area contributed by atoms with Crippen molar-refractivity contribution >= 4 is 44.0 Å². The molecule has 0 atom stereocenters. The standard InChI is InChI=1S/2C20H20N.C19H16NO.C18H15N2O/c2*1-15-9-7-8-12-18(15)20-13-16(2)19(14-21(20)3)17-10-5-4-6-11-17;1-13-10-11-15-14-7-3-4-9-17(14)21-19(15)18(13)16-8-5-6-12-20(16)2;1-12-8-9-13-14-6-5-10-19-18(14)21-17(13)16(12)15-7-3-4-11-20(15)2/h2*4-14H,1-3H3;3-12H,1-2H3;3-11H,1-2H3/q4*+1. The second kappa shape index (κ2) is 24.5. The third-order valence-electron chi connectivity index (χ3n) is 16.0. The van der Waals surface area contributed by atoms with Crippen molar-refractivity contribution in [1.29, 1.82) is 0 Å². The van der Waals surface area contributed by atoms with Gasteiger partial charge in [0.1, 0.15) is 39.4 Å². The molecule has 0 bridgehead atoms. The van der Waals surface area contributed by atoms with E-state index in [-0.39, 0.29) is 0 Å². The van der Waals surface area contributed by atoms with Crippen LogP contribution >= 0.6 is 0 Å². The van der Waals surface area contributed by atoms with Crippen LogP contribution in [0.2, 0.25) is 0 Å². The molecule has 0 aliphatic carbocycles. The lowest BCUT2D eigenvalue weighted by Crippen LogP contribution is -2.31. The minimum absolute atomic E-state index is 0.693. The van der Waals surface area contributed by atoms with Gasteiger partial charge in [-0.05, 0) is 129 Å². The number of nitrogens with zero attached hydrogens (tertiary/aromatic N) is 5. The summed E-state index contributed by atoms with van der Waals surface area (Å²) >= 11 is 0. The number of fused-ring (bicyclic) bond motifs is 6. The second-order valence-electron chi connectivity index (χ2n) is 21.8. The van der Waals surface area contributed by atoms with E-state index < -0.39 is 0 Å². The molecule has 0 radical (unpaired) electrons. The van der Waals surface area contributed by atoms with Gasteiger partial charge >= 0.3 is 0 Å². The Morgan fingerprint density at radius 3 is 1.24 bits per heavy atom. The van der Waals surface area contributed by atoms with Crippen molar-refractivity contribution in [1.82, 2.24) is 4.98 Å². The summed E-state index contributed by atoms with van der Waals surface area (Å²) < 4.78 is 20.9. The quantitative estimate of drug-likeness (QED) is 0.156. The maximum atomic E-state index is 6.16. The molecule has 0 unspecified atom stereocenters. The van der Waals surface area contributed by atoms with E-state index in [1.54, 1.807) is 6.20 Å². The zero-order chi connectivity index (χ0) is 58.4. The van der Waals surface area contributed by atoms with Gasteiger partial charge in [-0.3, -0.25) is 0 Å². The number of benzene rings is 7. The van der Waals surface area contributed by atoms with Crippen LogP contribution in [0.25, 0.3) is 111 Å². The smallest absolute Gasteiger partial charge is 0.227 e. The lowest BCUT2D eigenvalue weighted by molar-refractivity contribution is -0.660. The molecule has 7 heteroatoms. The first-order chi connectivity index (χ1) is 40.8. The molecule has 0 fully saturated rings. The Balaban J connectivity index is 0.000000117. The summed E-state index contributed by atoms with van der Waals surface area (Å²) in [6.07, 6.45) is 10.3. The molecule has 7 nitrogen and oxygen atoms in total. The van der Waals surface area contributed by atoms with Gasteiger partial charge in [0.15, 0.2) is 30.4 Å². The first-order valence-corrected chi connectivity index (χ1v) is 28.7. The largest absolute Gasteiger partial charge is 0.455 e. The molecular weight excluding hydrogens is 1030 g/mol. The Labute approximate surface area is 493 Å². The normalized spacial score (nSPS) is 11.0. The molecule has 0 saturated heterocycles. The number of rotatable bonds is 6. The molecule has 84 heavy (non-hydrogen) atoms. The van der Waals surface area contributed by atoms with Crippen molar-refractivity contribution in [2.24, 2.45) is 28.2 Å². The highest BCUT2D eigenvalue weighted by molar-refractivity contribution is 6.10. The highest BCUT2D eigenvalue weighted by Crippen LogP contribution is 2.38.